The molecule has 0 spiro atoms. The van der Waals surface area contributed by atoms with Crippen LogP contribution in [0.25, 0.3) is 0 Å². The number of fused-ring (bicyclic) bond motifs is 6. The molecule has 1 amide bonds. The zero-order valence-electron chi connectivity index (χ0n) is 17.1. The van der Waals surface area contributed by atoms with Gasteiger partial charge in [0.1, 0.15) is 0 Å². The molecule has 1 saturated carbocycles. The number of Topliss-reactive ketones (excluding diaryl/α,β-unsaturated/α-hetero) is 1. The van der Waals surface area contributed by atoms with Crippen molar-refractivity contribution >= 4 is 29.1 Å². The summed E-state index contributed by atoms with van der Waals surface area (Å²) in [7, 11) is 0. The molecule has 2 heterocycles. The maximum atomic E-state index is 13.0. The summed E-state index contributed by atoms with van der Waals surface area (Å²) in [5.74, 6) is 0.396. The lowest BCUT2D eigenvalue weighted by molar-refractivity contribution is -0.115. The second-order valence-corrected chi connectivity index (χ2v) is 10.5. The molecular weight excluding hydrogens is 384 g/mol. The molecule has 5 rings (SSSR count). The van der Waals surface area contributed by atoms with E-state index in [9.17, 15) is 9.59 Å². The van der Waals surface area contributed by atoms with Gasteiger partial charge in [-0.2, -0.15) is 5.10 Å². The van der Waals surface area contributed by atoms with Gasteiger partial charge >= 0.3 is 0 Å². The van der Waals surface area contributed by atoms with E-state index in [1.807, 2.05) is 13.0 Å². The summed E-state index contributed by atoms with van der Waals surface area (Å²) in [6, 6.07) is 5.39. The van der Waals surface area contributed by atoms with E-state index in [1.54, 1.807) is 12.1 Å². The summed E-state index contributed by atoms with van der Waals surface area (Å²) in [6.07, 6.45) is 2.59. The Labute approximate surface area is 174 Å². The number of ketones is 1. The smallest absolute Gasteiger partial charge is 0.228 e. The van der Waals surface area contributed by atoms with Crippen LogP contribution in [0.15, 0.2) is 23.4 Å². The Morgan fingerprint density at radius 3 is 2.86 bits per heavy atom. The van der Waals surface area contributed by atoms with Gasteiger partial charge in [-0.15, -0.1) is 5.10 Å². The summed E-state index contributed by atoms with van der Waals surface area (Å²) in [5.41, 5.74) is 4.55. The predicted molar refractivity (Wildman–Crippen MR) is 111 cm³/mol. The van der Waals surface area contributed by atoms with Gasteiger partial charge in [0.25, 0.3) is 0 Å². The summed E-state index contributed by atoms with van der Waals surface area (Å²) in [5, 5.41) is 11.9. The van der Waals surface area contributed by atoms with E-state index in [1.165, 1.54) is 11.8 Å². The minimum absolute atomic E-state index is 0.00862. The molecule has 3 aliphatic rings. The zero-order chi connectivity index (χ0) is 20.6. The van der Waals surface area contributed by atoms with Crippen LogP contribution < -0.4 is 5.32 Å². The average molecular weight is 409 g/mol. The molecule has 3 atom stereocenters. The second-order valence-electron chi connectivity index (χ2n) is 9.19. The lowest BCUT2D eigenvalue weighted by Crippen LogP contribution is -2.32. The molecule has 0 saturated heterocycles. The number of carbonyl (C=O) groups excluding carboxylic acids is 2. The minimum Gasteiger partial charge on any atom is -0.326 e. The molecule has 0 radical (unpaired) electrons. The molecule has 1 fully saturated rings. The summed E-state index contributed by atoms with van der Waals surface area (Å²) < 4.78 is 0. The normalized spacial score (nSPS) is 26.8. The molecule has 1 aromatic carbocycles. The Bertz CT molecular complexity index is 1070. The fourth-order valence-corrected chi connectivity index (χ4v) is 6.03. The molecule has 7 heteroatoms. The average Bonchev–Trinajstić information content (AvgIpc) is 3.22. The summed E-state index contributed by atoms with van der Waals surface area (Å²) in [6.45, 7) is 8.77. The Hall–Kier alpha value is -2.28. The molecule has 1 N–H and O–H groups in total. The number of anilines is 1. The van der Waals surface area contributed by atoms with Crippen molar-refractivity contribution < 1.29 is 9.59 Å². The highest BCUT2D eigenvalue weighted by molar-refractivity contribution is 8.00. The van der Waals surface area contributed by atoms with Crippen LogP contribution in [0.1, 0.15) is 73.8 Å². The summed E-state index contributed by atoms with van der Waals surface area (Å²) >= 11 is 1.36. The number of aromatic nitrogens is 3. The highest BCUT2D eigenvalue weighted by atomic mass is 32.2. The number of hydrogen-bond acceptors (Lipinski definition) is 6. The van der Waals surface area contributed by atoms with Crippen LogP contribution in [0.3, 0.4) is 0 Å². The van der Waals surface area contributed by atoms with Crippen LogP contribution in [-0.2, 0) is 16.6 Å². The van der Waals surface area contributed by atoms with Crippen LogP contribution >= 0.6 is 11.8 Å². The number of nitrogens with zero attached hydrogens (tertiary/aromatic N) is 3. The van der Waals surface area contributed by atoms with Gasteiger partial charge in [-0.1, -0.05) is 32.5 Å². The number of thioether (sulfide) groups is 1. The SMILES string of the molecule is C[C@H](Sc1nnc2c(n1)[C@]1(C)CC[C@H]2C1(C)C)C(=O)c1ccc2c(c1)CC(=O)N2. The quantitative estimate of drug-likeness (QED) is 0.610. The number of benzene rings is 1. The van der Waals surface area contributed by atoms with Crippen LogP contribution in [0, 0.1) is 5.41 Å². The monoisotopic (exact) mass is 408 g/mol. The van der Waals surface area contributed by atoms with E-state index in [0.717, 1.165) is 35.5 Å². The van der Waals surface area contributed by atoms with Crippen molar-refractivity contribution in [2.75, 3.05) is 5.32 Å². The number of carbonyl (C=O) groups is 2. The first-order chi connectivity index (χ1) is 13.7. The Kier molecular flexibility index (Phi) is 3.95. The highest BCUT2D eigenvalue weighted by Gasteiger charge is 2.61. The van der Waals surface area contributed by atoms with E-state index < -0.39 is 0 Å². The third-order valence-electron chi connectivity index (χ3n) is 7.44. The molecule has 0 unspecified atom stereocenters. The number of amides is 1. The number of rotatable bonds is 4. The van der Waals surface area contributed by atoms with Gasteiger partial charge in [0.05, 0.1) is 23.1 Å². The molecule has 1 aromatic heterocycles. The first-order valence-corrected chi connectivity index (χ1v) is 11.0. The molecule has 6 nitrogen and oxygen atoms in total. The van der Waals surface area contributed by atoms with E-state index in [-0.39, 0.29) is 27.8 Å². The van der Waals surface area contributed by atoms with E-state index in [0.29, 0.717) is 23.1 Å². The van der Waals surface area contributed by atoms with Crippen LogP contribution in [-0.4, -0.2) is 32.1 Å². The Balaban J connectivity index is 1.38. The predicted octanol–water partition coefficient (Wildman–Crippen LogP) is 3.90. The fourth-order valence-electron chi connectivity index (χ4n) is 5.24. The second kappa shape index (κ2) is 6.11. The van der Waals surface area contributed by atoms with Gasteiger partial charge in [-0.25, -0.2) is 4.98 Å². The lowest BCUT2D eigenvalue weighted by Gasteiger charge is -2.34. The Morgan fingerprint density at radius 1 is 1.28 bits per heavy atom. The molecule has 1 aliphatic heterocycles. The maximum absolute atomic E-state index is 13.0. The number of hydrogen-bond donors (Lipinski definition) is 1. The van der Waals surface area contributed by atoms with Crippen LogP contribution in [0.2, 0.25) is 0 Å². The molecular formula is C22H24N4O2S. The molecule has 2 aliphatic carbocycles. The van der Waals surface area contributed by atoms with Gasteiger partial charge < -0.3 is 5.32 Å². The maximum Gasteiger partial charge on any atom is 0.228 e. The largest absolute Gasteiger partial charge is 0.326 e. The van der Waals surface area contributed by atoms with Crippen molar-refractivity contribution in [2.24, 2.45) is 5.41 Å². The third-order valence-corrected chi connectivity index (χ3v) is 8.39. The molecule has 29 heavy (non-hydrogen) atoms. The third kappa shape index (κ3) is 2.59. The number of nitrogens with one attached hydrogen (secondary N) is 1. The van der Waals surface area contributed by atoms with Crippen molar-refractivity contribution in [3.8, 4) is 0 Å². The fraction of sp³-hybridized carbons (Fsp3) is 0.500. The molecule has 2 aromatic rings. The highest BCUT2D eigenvalue weighted by Crippen LogP contribution is 2.66. The lowest BCUT2D eigenvalue weighted by atomic mass is 9.70. The van der Waals surface area contributed by atoms with Gasteiger partial charge in [-0.3, -0.25) is 9.59 Å². The minimum atomic E-state index is -0.336. The first kappa shape index (κ1) is 18.7. The van der Waals surface area contributed by atoms with Crippen LogP contribution in [0.4, 0.5) is 5.69 Å². The van der Waals surface area contributed by atoms with Crippen molar-refractivity contribution in [1.29, 1.82) is 0 Å². The summed E-state index contributed by atoms with van der Waals surface area (Å²) in [4.78, 5) is 29.4. The van der Waals surface area contributed by atoms with E-state index in [2.05, 4.69) is 36.3 Å². The van der Waals surface area contributed by atoms with Crippen LogP contribution in [0.5, 0.6) is 0 Å². The first-order valence-electron chi connectivity index (χ1n) is 10.1. The topological polar surface area (TPSA) is 84.8 Å². The van der Waals surface area contributed by atoms with Crippen molar-refractivity contribution in [3.63, 3.8) is 0 Å². The van der Waals surface area contributed by atoms with Gasteiger partial charge in [0.2, 0.25) is 11.1 Å². The Morgan fingerprint density at radius 2 is 2.07 bits per heavy atom. The zero-order valence-corrected chi connectivity index (χ0v) is 17.9. The van der Waals surface area contributed by atoms with Gasteiger partial charge in [0.15, 0.2) is 5.78 Å². The van der Waals surface area contributed by atoms with E-state index >= 15 is 0 Å². The van der Waals surface area contributed by atoms with Crippen molar-refractivity contribution in [3.05, 3.63) is 40.7 Å². The molecule has 2 bridgehead atoms. The van der Waals surface area contributed by atoms with Gasteiger partial charge in [0, 0.05) is 22.6 Å². The standard InChI is InChI=1S/C22H24N4O2S/c1-11(18(28)12-5-6-15-13(9-12)10-16(27)23-15)29-20-24-19-17(25-26-20)14-7-8-22(19,4)21(14,2)3/h5-6,9,11,14H,7-8,10H2,1-4H3,(H,23,27)/t11-,14+,22-/m0/s1. The molecule has 150 valence electrons. The van der Waals surface area contributed by atoms with Crippen molar-refractivity contribution in [2.45, 2.75) is 68.7 Å². The van der Waals surface area contributed by atoms with E-state index in [4.69, 9.17) is 4.98 Å². The van der Waals surface area contributed by atoms with Gasteiger partial charge in [-0.05, 0) is 48.9 Å². The van der Waals surface area contributed by atoms with Crippen molar-refractivity contribution in [1.82, 2.24) is 15.2 Å².